The van der Waals surface area contributed by atoms with E-state index in [9.17, 15) is 13.2 Å². The van der Waals surface area contributed by atoms with Crippen LogP contribution in [0.4, 0.5) is 5.69 Å². The van der Waals surface area contributed by atoms with E-state index in [1.165, 1.54) is 10.2 Å². The van der Waals surface area contributed by atoms with Gasteiger partial charge in [0.25, 0.3) is 0 Å². The monoisotopic (exact) mass is 440 g/mol. The van der Waals surface area contributed by atoms with Crippen molar-refractivity contribution >= 4 is 21.6 Å². The molecule has 1 heterocycles. The Labute approximate surface area is 180 Å². The van der Waals surface area contributed by atoms with Gasteiger partial charge in [0.05, 0.1) is 4.90 Å². The number of nitrogens with one attached hydrogen (secondary N) is 2. The number of tetrazole rings is 1. The summed E-state index contributed by atoms with van der Waals surface area (Å²) in [6.45, 7) is 0.0121. The molecule has 1 aromatic heterocycles. The highest BCUT2D eigenvalue weighted by Gasteiger charge is 2.18. The largest absolute Gasteiger partial charge is 0.326 e. The summed E-state index contributed by atoms with van der Waals surface area (Å²) in [7, 11) is -1.93. The Kier molecular flexibility index (Phi) is 6.10. The number of rotatable bonds is 7. The maximum atomic E-state index is 12.6. The Morgan fingerprint density at radius 1 is 1.10 bits per heavy atom. The fourth-order valence-electron chi connectivity index (χ4n) is 3.69. The molecule has 0 saturated heterocycles. The second-order valence-corrected chi connectivity index (χ2v) is 9.31. The number of hydrogen-bond acceptors (Lipinski definition) is 6. The van der Waals surface area contributed by atoms with Gasteiger partial charge in [0.1, 0.15) is 0 Å². The van der Waals surface area contributed by atoms with E-state index in [2.05, 4.69) is 25.6 Å². The molecule has 9 nitrogen and oxygen atoms in total. The van der Waals surface area contributed by atoms with E-state index in [1.54, 1.807) is 37.4 Å². The highest BCUT2D eigenvalue weighted by molar-refractivity contribution is 7.89. The van der Waals surface area contributed by atoms with Gasteiger partial charge in [-0.2, -0.15) is 0 Å². The molecule has 0 radical (unpaired) electrons. The number of aryl methyl sites for hydroxylation is 3. The van der Waals surface area contributed by atoms with Crippen molar-refractivity contribution in [3.8, 4) is 11.4 Å². The number of carbonyl (C=O) groups excluding carboxylic acids is 1. The highest BCUT2D eigenvalue weighted by Crippen LogP contribution is 2.24. The zero-order valence-electron chi connectivity index (χ0n) is 17.2. The van der Waals surface area contributed by atoms with Crippen LogP contribution in [0.15, 0.2) is 47.4 Å². The van der Waals surface area contributed by atoms with E-state index in [0.717, 1.165) is 36.8 Å². The molecule has 0 fully saturated rings. The summed E-state index contributed by atoms with van der Waals surface area (Å²) < 4.78 is 29.3. The zero-order chi connectivity index (χ0) is 21.8. The van der Waals surface area contributed by atoms with E-state index in [4.69, 9.17) is 0 Å². The van der Waals surface area contributed by atoms with Crippen molar-refractivity contribution in [2.45, 2.75) is 37.0 Å². The number of hydrogen-bond donors (Lipinski definition) is 2. The van der Waals surface area contributed by atoms with E-state index >= 15 is 0 Å². The third-order valence-corrected chi connectivity index (χ3v) is 6.76. The summed E-state index contributed by atoms with van der Waals surface area (Å²) in [5.74, 6) is 0.287. The van der Waals surface area contributed by atoms with Crippen LogP contribution in [0.3, 0.4) is 0 Å². The van der Waals surface area contributed by atoms with Gasteiger partial charge in [0.2, 0.25) is 15.9 Å². The van der Waals surface area contributed by atoms with Gasteiger partial charge in [-0.3, -0.25) is 4.79 Å². The second kappa shape index (κ2) is 8.94. The summed E-state index contributed by atoms with van der Waals surface area (Å²) in [6, 6.07) is 12.4. The summed E-state index contributed by atoms with van der Waals surface area (Å²) >= 11 is 0. The van der Waals surface area contributed by atoms with Crippen molar-refractivity contribution in [1.82, 2.24) is 24.9 Å². The third kappa shape index (κ3) is 4.97. The van der Waals surface area contributed by atoms with Crippen LogP contribution in [0, 0.1) is 0 Å². The topological polar surface area (TPSA) is 119 Å². The van der Waals surface area contributed by atoms with Crippen molar-refractivity contribution in [1.29, 1.82) is 0 Å². The predicted molar refractivity (Wildman–Crippen MR) is 116 cm³/mol. The molecule has 0 unspecified atom stereocenters. The van der Waals surface area contributed by atoms with Crippen LogP contribution in [0.5, 0.6) is 0 Å². The molecule has 1 aliphatic rings. The first kappa shape index (κ1) is 21.1. The molecule has 4 rings (SSSR count). The normalized spacial score (nSPS) is 13.6. The van der Waals surface area contributed by atoms with E-state index in [1.807, 2.05) is 12.1 Å². The maximum absolute atomic E-state index is 12.6. The SMILES string of the molecule is Cn1nnnc1-c1cccc(NC(=O)CCNS(=O)(=O)c2ccc3c(c2)CCCC3)c1. The second-order valence-electron chi connectivity index (χ2n) is 7.54. The predicted octanol–water partition coefficient (Wildman–Crippen LogP) is 2.06. The average Bonchev–Trinajstić information content (AvgIpc) is 3.19. The number of fused-ring (bicyclic) bond motifs is 1. The fourth-order valence-corrected chi connectivity index (χ4v) is 4.77. The van der Waals surface area contributed by atoms with Gasteiger partial charge in [-0.15, -0.1) is 5.10 Å². The molecular formula is C21H24N6O3S. The minimum atomic E-state index is -3.66. The van der Waals surface area contributed by atoms with Crippen molar-refractivity contribution < 1.29 is 13.2 Å². The number of anilines is 1. The average molecular weight is 441 g/mol. The number of nitrogens with zero attached hydrogens (tertiary/aromatic N) is 4. The number of amides is 1. The molecule has 1 amide bonds. The number of sulfonamides is 1. The third-order valence-electron chi connectivity index (χ3n) is 5.30. The molecule has 2 aromatic carbocycles. The Hall–Kier alpha value is -3.11. The van der Waals surface area contributed by atoms with Crippen LogP contribution in [-0.2, 0) is 34.7 Å². The van der Waals surface area contributed by atoms with E-state index < -0.39 is 10.0 Å². The summed E-state index contributed by atoms with van der Waals surface area (Å²) in [5.41, 5.74) is 3.68. The summed E-state index contributed by atoms with van der Waals surface area (Å²) in [6.07, 6.45) is 4.14. The lowest BCUT2D eigenvalue weighted by atomic mass is 9.92. The quantitative estimate of drug-likeness (QED) is 0.580. The molecule has 162 valence electrons. The first-order chi connectivity index (χ1) is 14.9. The van der Waals surface area contributed by atoms with Crippen molar-refractivity contribution in [3.05, 3.63) is 53.6 Å². The number of benzene rings is 2. The van der Waals surface area contributed by atoms with Crippen LogP contribution in [0.1, 0.15) is 30.4 Å². The van der Waals surface area contributed by atoms with E-state index in [-0.39, 0.29) is 23.8 Å². The molecule has 1 aliphatic carbocycles. The molecule has 31 heavy (non-hydrogen) atoms. The number of carbonyl (C=O) groups is 1. The highest BCUT2D eigenvalue weighted by atomic mass is 32.2. The van der Waals surface area contributed by atoms with Gasteiger partial charge in [-0.05, 0) is 71.5 Å². The Bertz CT molecular complexity index is 1210. The van der Waals surface area contributed by atoms with Crippen molar-refractivity contribution in [2.75, 3.05) is 11.9 Å². The fraction of sp³-hybridized carbons (Fsp3) is 0.333. The van der Waals surface area contributed by atoms with Crippen LogP contribution >= 0.6 is 0 Å². The molecule has 0 atom stereocenters. The van der Waals surface area contributed by atoms with Crippen molar-refractivity contribution in [3.63, 3.8) is 0 Å². The van der Waals surface area contributed by atoms with E-state index in [0.29, 0.717) is 11.5 Å². The summed E-state index contributed by atoms with van der Waals surface area (Å²) in [4.78, 5) is 12.5. The molecular weight excluding hydrogens is 416 g/mol. The van der Waals surface area contributed by atoms with Crippen LogP contribution in [-0.4, -0.2) is 41.1 Å². The minimum absolute atomic E-state index is 0.0121. The van der Waals surface area contributed by atoms with Crippen molar-refractivity contribution in [2.24, 2.45) is 7.05 Å². The number of aromatic nitrogens is 4. The molecule has 0 saturated carbocycles. The van der Waals surface area contributed by atoms with Gasteiger partial charge in [-0.1, -0.05) is 18.2 Å². The molecule has 2 N–H and O–H groups in total. The van der Waals surface area contributed by atoms with Gasteiger partial charge >= 0.3 is 0 Å². The smallest absolute Gasteiger partial charge is 0.240 e. The molecule has 3 aromatic rings. The first-order valence-corrected chi connectivity index (χ1v) is 11.6. The lowest BCUT2D eigenvalue weighted by Gasteiger charge is -2.16. The summed E-state index contributed by atoms with van der Waals surface area (Å²) in [5, 5.41) is 14.1. The molecule has 0 spiro atoms. The maximum Gasteiger partial charge on any atom is 0.240 e. The lowest BCUT2D eigenvalue weighted by molar-refractivity contribution is -0.116. The van der Waals surface area contributed by atoms with Crippen LogP contribution in [0.25, 0.3) is 11.4 Å². The van der Waals surface area contributed by atoms with Crippen LogP contribution in [0.2, 0.25) is 0 Å². The standard InChI is InChI=1S/C21H24N6O3S/c1-27-21(24-25-26-27)17-7-4-8-18(13-17)23-20(28)11-12-22-31(29,30)19-10-9-15-5-2-3-6-16(15)14-19/h4,7-10,13-14,22H,2-3,5-6,11-12H2,1H3,(H,23,28). The molecule has 0 bridgehead atoms. The Balaban J connectivity index is 1.34. The Morgan fingerprint density at radius 2 is 1.90 bits per heavy atom. The molecule has 0 aliphatic heterocycles. The van der Waals surface area contributed by atoms with Crippen LogP contribution < -0.4 is 10.0 Å². The Morgan fingerprint density at radius 3 is 2.68 bits per heavy atom. The van der Waals surface area contributed by atoms with Gasteiger partial charge in [-0.25, -0.2) is 17.8 Å². The first-order valence-electron chi connectivity index (χ1n) is 10.2. The zero-order valence-corrected chi connectivity index (χ0v) is 18.0. The minimum Gasteiger partial charge on any atom is -0.326 e. The lowest BCUT2D eigenvalue weighted by Crippen LogP contribution is -2.28. The van der Waals surface area contributed by atoms with Gasteiger partial charge in [0, 0.05) is 31.3 Å². The van der Waals surface area contributed by atoms with Gasteiger partial charge in [0.15, 0.2) is 5.82 Å². The van der Waals surface area contributed by atoms with Gasteiger partial charge < -0.3 is 5.32 Å². The molecule has 10 heteroatoms.